The Kier molecular flexibility index (Phi) is 5.62. The third kappa shape index (κ3) is 4.96. The Morgan fingerprint density at radius 3 is 2.61 bits per heavy atom. The molecule has 0 fully saturated rings. The number of aliphatic hydroxyl groups is 1. The van der Waals surface area contributed by atoms with E-state index in [2.05, 4.69) is 15.9 Å². The van der Waals surface area contributed by atoms with Crippen LogP contribution in [0.25, 0.3) is 0 Å². The molecule has 18 heavy (non-hydrogen) atoms. The van der Waals surface area contributed by atoms with Crippen LogP contribution < -0.4 is 4.74 Å². The molecule has 0 spiro atoms. The van der Waals surface area contributed by atoms with Crippen molar-refractivity contribution in [2.75, 3.05) is 18.6 Å². The summed E-state index contributed by atoms with van der Waals surface area (Å²) in [6.07, 6.45) is 0.992. The molecule has 0 amide bonds. The van der Waals surface area contributed by atoms with E-state index < -0.39 is 15.9 Å². The molecule has 1 unspecified atom stereocenters. The van der Waals surface area contributed by atoms with Crippen molar-refractivity contribution in [3.05, 3.63) is 28.2 Å². The maximum absolute atomic E-state index is 11.1. The molecule has 0 heterocycles. The van der Waals surface area contributed by atoms with Crippen LogP contribution in [0.2, 0.25) is 0 Å². The molecule has 0 radical (unpaired) electrons. The van der Waals surface area contributed by atoms with Gasteiger partial charge in [-0.25, -0.2) is 8.42 Å². The normalized spacial score (nSPS) is 13.3. The zero-order valence-electron chi connectivity index (χ0n) is 10.4. The summed E-state index contributed by atoms with van der Waals surface area (Å²) >= 11 is 3.34. The first-order chi connectivity index (χ1) is 8.33. The van der Waals surface area contributed by atoms with E-state index in [1.807, 2.05) is 6.92 Å². The number of rotatable bonds is 6. The molecule has 0 aliphatic heterocycles. The first kappa shape index (κ1) is 15.5. The lowest BCUT2D eigenvalue weighted by Gasteiger charge is -2.12. The number of benzene rings is 1. The molecule has 102 valence electrons. The van der Waals surface area contributed by atoms with Crippen molar-refractivity contribution in [3.63, 3.8) is 0 Å². The van der Waals surface area contributed by atoms with Gasteiger partial charge in [0.2, 0.25) is 0 Å². The number of sulfone groups is 1. The molecule has 0 saturated carbocycles. The van der Waals surface area contributed by atoms with E-state index in [0.29, 0.717) is 22.4 Å². The zero-order valence-corrected chi connectivity index (χ0v) is 12.8. The Balaban J connectivity index is 2.83. The van der Waals surface area contributed by atoms with Gasteiger partial charge in [0.05, 0.1) is 22.9 Å². The summed E-state index contributed by atoms with van der Waals surface area (Å²) in [4.78, 5) is 0. The molecular weight excluding hydrogens is 320 g/mol. The summed E-state index contributed by atoms with van der Waals surface area (Å²) < 4.78 is 28.4. The third-order valence-corrected chi connectivity index (χ3v) is 3.80. The van der Waals surface area contributed by atoms with Gasteiger partial charge in [0.1, 0.15) is 15.6 Å². The second kappa shape index (κ2) is 6.54. The monoisotopic (exact) mass is 336 g/mol. The van der Waals surface area contributed by atoms with Crippen molar-refractivity contribution in [1.82, 2.24) is 0 Å². The van der Waals surface area contributed by atoms with Crippen LogP contribution in [-0.2, 0) is 9.84 Å². The highest BCUT2D eigenvalue weighted by Crippen LogP contribution is 2.28. The summed E-state index contributed by atoms with van der Waals surface area (Å²) in [6.45, 7) is 2.63. The van der Waals surface area contributed by atoms with E-state index in [0.717, 1.165) is 12.7 Å². The van der Waals surface area contributed by atoms with Crippen LogP contribution in [0.3, 0.4) is 0 Å². The molecule has 0 saturated heterocycles. The second-order valence-corrected chi connectivity index (χ2v) is 7.19. The van der Waals surface area contributed by atoms with Gasteiger partial charge in [-0.2, -0.15) is 0 Å². The SMILES string of the molecule is CCCOc1ccc(C(O)CS(C)(=O)=O)cc1Br. The largest absolute Gasteiger partial charge is 0.492 e. The Morgan fingerprint density at radius 2 is 2.11 bits per heavy atom. The molecule has 6 heteroatoms. The number of ether oxygens (including phenoxy) is 1. The maximum atomic E-state index is 11.1. The van der Waals surface area contributed by atoms with Crippen molar-refractivity contribution in [3.8, 4) is 5.75 Å². The van der Waals surface area contributed by atoms with Crippen molar-refractivity contribution < 1.29 is 18.3 Å². The van der Waals surface area contributed by atoms with E-state index in [-0.39, 0.29) is 5.75 Å². The third-order valence-electron chi connectivity index (χ3n) is 2.26. The van der Waals surface area contributed by atoms with Crippen LogP contribution in [-0.4, -0.2) is 32.1 Å². The molecule has 4 nitrogen and oxygen atoms in total. The van der Waals surface area contributed by atoms with Gasteiger partial charge in [0.15, 0.2) is 0 Å². The van der Waals surface area contributed by atoms with Crippen molar-refractivity contribution in [2.24, 2.45) is 0 Å². The average molecular weight is 337 g/mol. The number of halogens is 1. The minimum Gasteiger partial charge on any atom is -0.492 e. The molecule has 0 aromatic heterocycles. The summed E-state index contributed by atoms with van der Waals surface area (Å²) in [5.41, 5.74) is 0.552. The van der Waals surface area contributed by atoms with E-state index >= 15 is 0 Å². The van der Waals surface area contributed by atoms with Crippen LogP contribution in [0.1, 0.15) is 25.0 Å². The van der Waals surface area contributed by atoms with Gasteiger partial charge in [-0.3, -0.25) is 0 Å². The van der Waals surface area contributed by atoms with Gasteiger partial charge in [0, 0.05) is 6.26 Å². The Hall–Kier alpha value is -0.590. The fourth-order valence-corrected chi connectivity index (χ4v) is 2.71. The second-order valence-electron chi connectivity index (χ2n) is 4.15. The van der Waals surface area contributed by atoms with Gasteiger partial charge >= 0.3 is 0 Å². The van der Waals surface area contributed by atoms with E-state index in [9.17, 15) is 13.5 Å². The molecular formula is C12H17BrO4S. The predicted molar refractivity (Wildman–Crippen MR) is 74.6 cm³/mol. The van der Waals surface area contributed by atoms with E-state index in [1.165, 1.54) is 0 Å². The Morgan fingerprint density at radius 1 is 1.44 bits per heavy atom. The van der Waals surface area contributed by atoms with Crippen molar-refractivity contribution >= 4 is 25.8 Å². The van der Waals surface area contributed by atoms with Crippen LogP contribution in [0.15, 0.2) is 22.7 Å². The van der Waals surface area contributed by atoms with Gasteiger partial charge in [-0.05, 0) is 40.0 Å². The summed E-state index contributed by atoms with van der Waals surface area (Å²) in [6, 6.07) is 5.08. The van der Waals surface area contributed by atoms with Crippen LogP contribution in [0.4, 0.5) is 0 Å². The molecule has 1 atom stereocenters. The van der Waals surface area contributed by atoms with E-state index in [4.69, 9.17) is 4.74 Å². The van der Waals surface area contributed by atoms with Crippen LogP contribution in [0.5, 0.6) is 5.75 Å². The topological polar surface area (TPSA) is 63.6 Å². The predicted octanol–water partition coefficient (Wildman–Crippen LogP) is 2.32. The number of hydrogen-bond donors (Lipinski definition) is 1. The van der Waals surface area contributed by atoms with Crippen LogP contribution >= 0.6 is 15.9 Å². The van der Waals surface area contributed by atoms with E-state index in [1.54, 1.807) is 18.2 Å². The lowest BCUT2D eigenvalue weighted by Crippen LogP contribution is -2.12. The molecule has 1 aromatic carbocycles. The standard InChI is InChI=1S/C12H17BrO4S/c1-3-6-17-12-5-4-9(7-10(12)13)11(14)8-18(2,15)16/h4-5,7,11,14H,3,6,8H2,1-2H3. The average Bonchev–Trinajstić information content (AvgIpc) is 2.25. The first-order valence-corrected chi connectivity index (χ1v) is 8.47. The highest BCUT2D eigenvalue weighted by molar-refractivity contribution is 9.10. The Bertz CT molecular complexity index is 499. The molecule has 1 aromatic rings. The number of hydrogen-bond acceptors (Lipinski definition) is 4. The highest BCUT2D eigenvalue weighted by atomic mass is 79.9. The Labute approximate surface area is 116 Å². The molecule has 1 N–H and O–H groups in total. The minimum absolute atomic E-state index is 0.283. The fourth-order valence-electron chi connectivity index (χ4n) is 1.44. The summed E-state index contributed by atoms with van der Waals surface area (Å²) in [5, 5.41) is 9.81. The minimum atomic E-state index is -3.21. The molecule has 1 rings (SSSR count). The van der Waals surface area contributed by atoms with Gasteiger partial charge < -0.3 is 9.84 Å². The lowest BCUT2D eigenvalue weighted by atomic mass is 10.1. The van der Waals surface area contributed by atoms with Gasteiger partial charge in [0.25, 0.3) is 0 Å². The fraction of sp³-hybridized carbons (Fsp3) is 0.500. The summed E-state index contributed by atoms with van der Waals surface area (Å²) in [7, 11) is -3.21. The smallest absolute Gasteiger partial charge is 0.150 e. The quantitative estimate of drug-likeness (QED) is 0.865. The molecule has 0 aliphatic carbocycles. The van der Waals surface area contributed by atoms with Gasteiger partial charge in [-0.1, -0.05) is 13.0 Å². The van der Waals surface area contributed by atoms with Crippen molar-refractivity contribution in [2.45, 2.75) is 19.4 Å². The van der Waals surface area contributed by atoms with Gasteiger partial charge in [-0.15, -0.1) is 0 Å². The zero-order chi connectivity index (χ0) is 13.8. The summed E-state index contributed by atoms with van der Waals surface area (Å²) in [5.74, 6) is 0.404. The molecule has 0 bridgehead atoms. The first-order valence-electron chi connectivity index (χ1n) is 5.61. The maximum Gasteiger partial charge on any atom is 0.150 e. The number of aliphatic hydroxyl groups excluding tert-OH is 1. The highest BCUT2D eigenvalue weighted by Gasteiger charge is 2.15. The van der Waals surface area contributed by atoms with Crippen molar-refractivity contribution in [1.29, 1.82) is 0 Å². The van der Waals surface area contributed by atoms with Crippen LogP contribution in [0, 0.1) is 0 Å². The lowest BCUT2D eigenvalue weighted by molar-refractivity contribution is 0.201. The molecule has 0 aliphatic rings.